The lowest BCUT2D eigenvalue weighted by Gasteiger charge is -2.31. The van der Waals surface area contributed by atoms with Crippen molar-refractivity contribution in [1.29, 1.82) is 0 Å². The van der Waals surface area contributed by atoms with E-state index in [1.807, 2.05) is 6.92 Å². The Hall–Kier alpha value is -2.31. The second kappa shape index (κ2) is 10.7. The number of carbonyl (C=O) groups excluding carboxylic acids is 1. The molecular formula is C22H29N3O6S2. The summed E-state index contributed by atoms with van der Waals surface area (Å²) in [7, 11) is -5.75. The Bertz CT molecular complexity index is 1160. The van der Waals surface area contributed by atoms with Gasteiger partial charge in [0.25, 0.3) is 5.91 Å². The first-order valence-electron chi connectivity index (χ1n) is 10.6. The van der Waals surface area contributed by atoms with Crippen LogP contribution in [0.2, 0.25) is 0 Å². The Kier molecular flexibility index (Phi) is 8.24. The summed E-state index contributed by atoms with van der Waals surface area (Å²) in [4.78, 5) is 12.9. The first kappa shape index (κ1) is 25.3. The molecule has 2 N–H and O–H groups in total. The predicted molar refractivity (Wildman–Crippen MR) is 124 cm³/mol. The van der Waals surface area contributed by atoms with Crippen molar-refractivity contribution in [2.24, 2.45) is 0 Å². The number of benzene rings is 2. The Morgan fingerprint density at radius 3 is 2.12 bits per heavy atom. The van der Waals surface area contributed by atoms with Gasteiger partial charge in [-0.25, -0.2) is 21.6 Å². The van der Waals surface area contributed by atoms with E-state index in [1.165, 1.54) is 35.7 Å². The maximum absolute atomic E-state index is 12.8. The van der Waals surface area contributed by atoms with Crippen LogP contribution in [0, 0.1) is 6.92 Å². The van der Waals surface area contributed by atoms with Crippen molar-refractivity contribution in [2.45, 2.75) is 35.6 Å². The average molecular weight is 496 g/mol. The van der Waals surface area contributed by atoms with Crippen LogP contribution in [0.3, 0.4) is 0 Å². The number of piperidine rings is 1. The monoisotopic (exact) mass is 495 g/mol. The van der Waals surface area contributed by atoms with Gasteiger partial charge in [-0.3, -0.25) is 4.79 Å². The van der Waals surface area contributed by atoms with Crippen molar-refractivity contribution in [1.82, 2.24) is 14.3 Å². The maximum atomic E-state index is 12.8. The highest BCUT2D eigenvalue weighted by atomic mass is 32.2. The van der Waals surface area contributed by atoms with Gasteiger partial charge in [-0.15, -0.1) is 0 Å². The molecule has 0 spiro atoms. The minimum absolute atomic E-state index is 0.0600. The fourth-order valence-electron chi connectivity index (χ4n) is 3.52. The number of sulfonamides is 2. The van der Waals surface area contributed by atoms with Crippen LogP contribution in [0.5, 0.6) is 0 Å². The maximum Gasteiger partial charge on any atom is 0.251 e. The summed E-state index contributed by atoms with van der Waals surface area (Å²) in [6.45, 7) is 2.93. The first-order chi connectivity index (χ1) is 15.6. The van der Waals surface area contributed by atoms with E-state index >= 15 is 0 Å². The van der Waals surface area contributed by atoms with Crippen LogP contribution in [0.4, 0.5) is 0 Å². The first-order valence-corrected chi connectivity index (χ1v) is 13.5. The normalized spacial score (nSPS) is 15.9. The van der Waals surface area contributed by atoms with Crippen molar-refractivity contribution in [3.05, 3.63) is 59.7 Å². The minimum atomic E-state index is -3.67. The molecule has 0 unspecified atom stereocenters. The number of carbonyl (C=O) groups is 1. The molecule has 2 aromatic carbocycles. The van der Waals surface area contributed by atoms with E-state index in [2.05, 4.69) is 10.0 Å². The summed E-state index contributed by atoms with van der Waals surface area (Å²) >= 11 is 0. The fourth-order valence-corrected chi connectivity index (χ4v) is 6.00. The Morgan fingerprint density at radius 2 is 1.55 bits per heavy atom. The highest BCUT2D eigenvalue weighted by molar-refractivity contribution is 7.89. The molecule has 1 saturated heterocycles. The molecule has 0 bridgehead atoms. The topological polar surface area (TPSA) is 122 Å². The standard InChI is InChI=1S/C22H29N3O6S2/c1-17-3-7-21(8-4-17)33(29,30)25-14-11-19(12-15-25)24-22(26)18-5-9-20(10-6-18)32(27,28)23-13-16-31-2/h3-10,19,23H,11-16H2,1-2H3,(H,24,26). The molecule has 1 heterocycles. The summed E-state index contributed by atoms with van der Waals surface area (Å²) in [6, 6.07) is 12.3. The summed E-state index contributed by atoms with van der Waals surface area (Å²) in [5, 5.41) is 2.91. The van der Waals surface area contributed by atoms with Gasteiger partial charge >= 0.3 is 0 Å². The van der Waals surface area contributed by atoms with Gasteiger partial charge in [-0.2, -0.15) is 4.31 Å². The van der Waals surface area contributed by atoms with Crippen LogP contribution < -0.4 is 10.0 Å². The fraction of sp³-hybridized carbons (Fsp3) is 0.409. The number of ether oxygens (including phenoxy) is 1. The molecule has 0 radical (unpaired) electrons. The molecule has 3 rings (SSSR count). The smallest absolute Gasteiger partial charge is 0.251 e. The van der Waals surface area contributed by atoms with Crippen LogP contribution in [0.25, 0.3) is 0 Å². The lowest BCUT2D eigenvalue weighted by atomic mass is 10.1. The number of nitrogens with one attached hydrogen (secondary N) is 2. The molecule has 0 aromatic heterocycles. The Balaban J connectivity index is 1.55. The van der Waals surface area contributed by atoms with Crippen molar-refractivity contribution in [2.75, 3.05) is 33.4 Å². The van der Waals surface area contributed by atoms with Crippen molar-refractivity contribution < 1.29 is 26.4 Å². The molecule has 0 aliphatic carbocycles. The molecule has 0 saturated carbocycles. The van der Waals surface area contributed by atoms with Gasteiger partial charge in [0, 0.05) is 38.3 Å². The zero-order chi connectivity index (χ0) is 24.1. The molecule has 9 nitrogen and oxygen atoms in total. The predicted octanol–water partition coefficient (Wildman–Crippen LogP) is 1.50. The minimum Gasteiger partial charge on any atom is -0.383 e. The highest BCUT2D eigenvalue weighted by Crippen LogP contribution is 2.21. The number of nitrogens with zero attached hydrogens (tertiary/aromatic N) is 1. The van der Waals surface area contributed by atoms with E-state index in [0.717, 1.165) is 5.56 Å². The van der Waals surface area contributed by atoms with E-state index in [9.17, 15) is 21.6 Å². The third kappa shape index (κ3) is 6.39. The van der Waals surface area contributed by atoms with E-state index in [4.69, 9.17) is 4.74 Å². The third-order valence-corrected chi connectivity index (χ3v) is 8.86. The highest BCUT2D eigenvalue weighted by Gasteiger charge is 2.30. The van der Waals surface area contributed by atoms with Gasteiger partial charge in [0.1, 0.15) is 0 Å². The number of aryl methyl sites for hydroxylation is 1. The second-order valence-corrected chi connectivity index (χ2v) is 11.6. The SMILES string of the molecule is COCCNS(=O)(=O)c1ccc(C(=O)NC2CCN(S(=O)(=O)c3ccc(C)cc3)CC2)cc1. The quantitative estimate of drug-likeness (QED) is 0.509. The molecule has 11 heteroatoms. The van der Waals surface area contributed by atoms with Gasteiger partial charge in [-0.05, 0) is 56.2 Å². The van der Waals surface area contributed by atoms with Crippen LogP contribution in [0.1, 0.15) is 28.8 Å². The van der Waals surface area contributed by atoms with E-state index < -0.39 is 20.0 Å². The van der Waals surface area contributed by atoms with Crippen molar-refractivity contribution in [3.63, 3.8) is 0 Å². The van der Waals surface area contributed by atoms with E-state index in [1.54, 1.807) is 24.3 Å². The lowest BCUT2D eigenvalue weighted by molar-refractivity contribution is 0.0923. The van der Waals surface area contributed by atoms with Crippen molar-refractivity contribution in [3.8, 4) is 0 Å². The molecule has 1 aliphatic rings. The Morgan fingerprint density at radius 1 is 0.970 bits per heavy atom. The molecule has 1 aliphatic heterocycles. The van der Waals surface area contributed by atoms with Gasteiger partial charge < -0.3 is 10.1 Å². The molecular weight excluding hydrogens is 466 g/mol. The molecule has 0 atom stereocenters. The summed E-state index contributed by atoms with van der Waals surface area (Å²) in [5.41, 5.74) is 1.32. The number of amides is 1. The zero-order valence-corrected chi connectivity index (χ0v) is 20.3. The van der Waals surface area contributed by atoms with Crippen LogP contribution >= 0.6 is 0 Å². The van der Waals surface area contributed by atoms with E-state index in [-0.39, 0.29) is 34.9 Å². The zero-order valence-electron chi connectivity index (χ0n) is 18.7. The van der Waals surface area contributed by atoms with Gasteiger partial charge in [-0.1, -0.05) is 17.7 Å². The lowest BCUT2D eigenvalue weighted by Crippen LogP contribution is -2.46. The molecule has 1 amide bonds. The number of hydrogen-bond donors (Lipinski definition) is 2. The summed E-state index contributed by atoms with van der Waals surface area (Å²) < 4.78 is 58.8. The average Bonchev–Trinajstić information content (AvgIpc) is 2.80. The molecule has 33 heavy (non-hydrogen) atoms. The number of hydrogen-bond acceptors (Lipinski definition) is 6. The van der Waals surface area contributed by atoms with Gasteiger partial charge in [0.05, 0.1) is 16.4 Å². The van der Waals surface area contributed by atoms with Crippen molar-refractivity contribution >= 4 is 26.0 Å². The second-order valence-electron chi connectivity index (χ2n) is 7.88. The summed E-state index contributed by atoms with van der Waals surface area (Å²) in [5.74, 6) is -0.328. The third-order valence-electron chi connectivity index (χ3n) is 5.47. The van der Waals surface area contributed by atoms with Gasteiger partial charge in [0.2, 0.25) is 20.0 Å². The Labute approximate surface area is 195 Å². The molecule has 180 valence electrons. The molecule has 1 fully saturated rings. The van der Waals surface area contributed by atoms with Crippen LogP contribution in [-0.2, 0) is 24.8 Å². The summed E-state index contributed by atoms with van der Waals surface area (Å²) in [6.07, 6.45) is 0.986. The molecule has 2 aromatic rings. The van der Waals surface area contributed by atoms with Crippen LogP contribution in [0.15, 0.2) is 58.3 Å². The largest absolute Gasteiger partial charge is 0.383 e. The van der Waals surface area contributed by atoms with Crippen LogP contribution in [-0.4, -0.2) is 66.4 Å². The number of methoxy groups -OCH3 is 1. The number of rotatable bonds is 9. The van der Waals surface area contributed by atoms with E-state index in [0.29, 0.717) is 31.5 Å². The van der Waals surface area contributed by atoms with Gasteiger partial charge in [0.15, 0.2) is 0 Å².